The van der Waals surface area contributed by atoms with Crippen LogP contribution in [0.25, 0.3) is 0 Å². The predicted octanol–water partition coefficient (Wildman–Crippen LogP) is 2.39. The highest BCUT2D eigenvalue weighted by Gasteiger charge is 2.22. The summed E-state index contributed by atoms with van der Waals surface area (Å²) in [6.45, 7) is 1.52. The van der Waals surface area contributed by atoms with Crippen LogP contribution in [0.3, 0.4) is 0 Å². The van der Waals surface area contributed by atoms with E-state index in [1.807, 2.05) is 6.92 Å². The molecular weight excluding hydrogens is 319 g/mol. The summed E-state index contributed by atoms with van der Waals surface area (Å²) in [5.74, 6) is -0.920. The number of nitrogens with zero attached hydrogens (tertiary/aromatic N) is 1. The number of amides is 1. The summed E-state index contributed by atoms with van der Waals surface area (Å²) in [5.41, 5.74) is 1.35. The Morgan fingerprint density at radius 1 is 1.09 bits per heavy atom. The van der Waals surface area contributed by atoms with E-state index in [0.29, 0.717) is 5.69 Å². The lowest BCUT2D eigenvalue weighted by molar-refractivity contribution is -0.116. The fourth-order valence-electron chi connectivity index (χ4n) is 1.91. The van der Waals surface area contributed by atoms with Gasteiger partial charge in [0.2, 0.25) is 15.9 Å². The molecule has 1 amide bonds. The van der Waals surface area contributed by atoms with Crippen molar-refractivity contribution in [3.63, 3.8) is 0 Å². The fourth-order valence-corrected chi connectivity index (χ4v) is 3.04. The number of anilines is 1. The maximum absolute atomic E-state index is 12.8. The molecule has 2 rings (SSSR count). The van der Waals surface area contributed by atoms with Crippen LogP contribution in [0.2, 0.25) is 0 Å². The zero-order chi connectivity index (χ0) is 17.0. The maximum atomic E-state index is 12.8. The van der Waals surface area contributed by atoms with Crippen molar-refractivity contribution in [2.24, 2.45) is 0 Å². The van der Waals surface area contributed by atoms with Crippen LogP contribution in [0, 0.1) is 12.7 Å². The van der Waals surface area contributed by atoms with Gasteiger partial charge in [-0.15, -0.1) is 0 Å². The summed E-state index contributed by atoms with van der Waals surface area (Å²) in [6.07, 6.45) is 0. The number of halogens is 1. The minimum absolute atomic E-state index is 0.125. The van der Waals surface area contributed by atoms with E-state index in [1.165, 1.54) is 43.4 Å². The van der Waals surface area contributed by atoms with Crippen LogP contribution in [0.4, 0.5) is 10.1 Å². The molecule has 0 fully saturated rings. The van der Waals surface area contributed by atoms with E-state index in [-0.39, 0.29) is 11.4 Å². The number of rotatable bonds is 5. The summed E-state index contributed by atoms with van der Waals surface area (Å²) in [4.78, 5) is 12.1. The molecule has 23 heavy (non-hydrogen) atoms. The summed E-state index contributed by atoms with van der Waals surface area (Å²) >= 11 is 0. The van der Waals surface area contributed by atoms with E-state index in [9.17, 15) is 17.6 Å². The van der Waals surface area contributed by atoms with Gasteiger partial charge in [0.15, 0.2) is 0 Å². The lowest BCUT2D eigenvalue weighted by Gasteiger charge is -2.17. The Morgan fingerprint density at radius 3 is 2.22 bits per heavy atom. The van der Waals surface area contributed by atoms with Gasteiger partial charge >= 0.3 is 0 Å². The lowest BCUT2D eigenvalue weighted by atomic mass is 10.2. The number of likely N-dealkylation sites (N-methyl/N-ethyl adjacent to an activating group) is 1. The van der Waals surface area contributed by atoms with Gasteiger partial charge in [0.05, 0.1) is 11.4 Å². The van der Waals surface area contributed by atoms with Crippen LogP contribution in [-0.2, 0) is 14.8 Å². The third kappa shape index (κ3) is 4.37. The van der Waals surface area contributed by atoms with Gasteiger partial charge in [0, 0.05) is 12.7 Å². The van der Waals surface area contributed by atoms with Crippen LogP contribution in [0.5, 0.6) is 0 Å². The van der Waals surface area contributed by atoms with Gasteiger partial charge in [0.1, 0.15) is 5.82 Å². The molecular formula is C16H17FN2O3S. The van der Waals surface area contributed by atoms with Crippen molar-refractivity contribution in [2.75, 3.05) is 18.9 Å². The predicted molar refractivity (Wildman–Crippen MR) is 86.0 cm³/mol. The number of sulfonamides is 1. The van der Waals surface area contributed by atoms with Crippen molar-refractivity contribution in [2.45, 2.75) is 11.8 Å². The second-order valence-corrected chi connectivity index (χ2v) is 7.17. The Labute approximate surface area is 134 Å². The third-order valence-corrected chi connectivity index (χ3v) is 5.04. The van der Waals surface area contributed by atoms with Crippen molar-refractivity contribution in [3.8, 4) is 0 Å². The van der Waals surface area contributed by atoms with E-state index >= 15 is 0 Å². The average molecular weight is 336 g/mol. The second kappa shape index (κ2) is 6.89. The van der Waals surface area contributed by atoms with E-state index in [4.69, 9.17) is 0 Å². The fraction of sp³-hybridized carbons (Fsp3) is 0.188. The van der Waals surface area contributed by atoms with Crippen molar-refractivity contribution in [1.29, 1.82) is 0 Å². The maximum Gasteiger partial charge on any atom is 0.243 e. The summed E-state index contributed by atoms with van der Waals surface area (Å²) in [7, 11) is -2.40. The highest BCUT2D eigenvalue weighted by atomic mass is 32.2. The Balaban J connectivity index is 2.05. The van der Waals surface area contributed by atoms with Crippen LogP contribution in [0.15, 0.2) is 53.4 Å². The Hall–Kier alpha value is -2.25. The van der Waals surface area contributed by atoms with Gasteiger partial charge < -0.3 is 5.32 Å². The lowest BCUT2D eigenvalue weighted by Crippen LogP contribution is -2.34. The van der Waals surface area contributed by atoms with Gasteiger partial charge in [-0.05, 0) is 43.3 Å². The molecule has 0 bridgehead atoms. The first-order valence-electron chi connectivity index (χ1n) is 6.87. The first-order chi connectivity index (χ1) is 10.8. The molecule has 1 N–H and O–H groups in total. The highest BCUT2D eigenvalue weighted by molar-refractivity contribution is 7.89. The topological polar surface area (TPSA) is 66.5 Å². The molecule has 0 saturated heterocycles. The number of carbonyl (C=O) groups is 1. The van der Waals surface area contributed by atoms with Gasteiger partial charge in [0.25, 0.3) is 0 Å². The number of hydrogen-bond donors (Lipinski definition) is 1. The zero-order valence-electron chi connectivity index (χ0n) is 12.8. The van der Waals surface area contributed by atoms with Gasteiger partial charge in [-0.3, -0.25) is 4.79 Å². The van der Waals surface area contributed by atoms with E-state index in [0.717, 1.165) is 9.87 Å². The number of nitrogens with one attached hydrogen (secondary N) is 1. The van der Waals surface area contributed by atoms with E-state index in [1.54, 1.807) is 12.1 Å². The van der Waals surface area contributed by atoms with Crippen LogP contribution in [-0.4, -0.2) is 32.2 Å². The Bertz CT molecular complexity index is 787. The average Bonchev–Trinajstić information content (AvgIpc) is 2.50. The van der Waals surface area contributed by atoms with Crippen LogP contribution < -0.4 is 5.32 Å². The van der Waals surface area contributed by atoms with E-state index < -0.39 is 21.7 Å². The summed E-state index contributed by atoms with van der Waals surface area (Å²) in [5, 5.41) is 2.52. The number of carbonyl (C=O) groups excluding carboxylic acids is 1. The van der Waals surface area contributed by atoms with Crippen molar-refractivity contribution in [3.05, 3.63) is 59.9 Å². The largest absolute Gasteiger partial charge is 0.325 e. The monoisotopic (exact) mass is 336 g/mol. The molecule has 0 saturated carbocycles. The number of hydrogen-bond acceptors (Lipinski definition) is 3. The molecule has 0 aromatic heterocycles. The molecule has 0 spiro atoms. The normalized spacial score (nSPS) is 11.5. The molecule has 0 unspecified atom stereocenters. The molecule has 2 aromatic carbocycles. The molecule has 7 heteroatoms. The third-order valence-electron chi connectivity index (χ3n) is 3.22. The summed E-state index contributed by atoms with van der Waals surface area (Å²) in [6, 6.07) is 11.6. The molecule has 2 aromatic rings. The van der Waals surface area contributed by atoms with Gasteiger partial charge in [-0.1, -0.05) is 17.7 Å². The SMILES string of the molecule is Cc1ccc(S(=O)(=O)N(C)CC(=O)Nc2ccc(F)cc2)cc1. The standard InChI is InChI=1S/C16H17FN2O3S/c1-12-3-9-15(10-4-12)23(21,22)19(2)11-16(20)18-14-7-5-13(17)6-8-14/h3-10H,11H2,1-2H3,(H,18,20). The number of benzene rings is 2. The zero-order valence-corrected chi connectivity index (χ0v) is 13.6. The smallest absolute Gasteiger partial charge is 0.243 e. The Kier molecular flexibility index (Phi) is 5.12. The van der Waals surface area contributed by atoms with Crippen molar-refractivity contribution >= 4 is 21.6 Å². The van der Waals surface area contributed by atoms with Gasteiger partial charge in [-0.25, -0.2) is 12.8 Å². The van der Waals surface area contributed by atoms with Gasteiger partial charge in [-0.2, -0.15) is 4.31 Å². The minimum atomic E-state index is -3.74. The highest BCUT2D eigenvalue weighted by Crippen LogP contribution is 2.15. The first kappa shape index (κ1) is 17.1. The molecule has 0 aliphatic rings. The molecule has 0 radical (unpaired) electrons. The molecule has 122 valence electrons. The van der Waals surface area contributed by atoms with Crippen molar-refractivity contribution in [1.82, 2.24) is 4.31 Å². The molecule has 0 aliphatic carbocycles. The molecule has 0 aliphatic heterocycles. The number of aryl methyl sites for hydroxylation is 1. The van der Waals surface area contributed by atoms with Crippen molar-refractivity contribution < 1.29 is 17.6 Å². The quantitative estimate of drug-likeness (QED) is 0.912. The second-order valence-electron chi connectivity index (χ2n) is 5.13. The van der Waals surface area contributed by atoms with Crippen LogP contribution >= 0.6 is 0 Å². The first-order valence-corrected chi connectivity index (χ1v) is 8.31. The summed E-state index contributed by atoms with van der Waals surface area (Å²) < 4.78 is 38.5. The minimum Gasteiger partial charge on any atom is -0.325 e. The van der Waals surface area contributed by atoms with Crippen LogP contribution in [0.1, 0.15) is 5.56 Å². The Morgan fingerprint density at radius 2 is 1.65 bits per heavy atom. The molecule has 5 nitrogen and oxygen atoms in total. The molecule has 0 heterocycles. The molecule has 0 atom stereocenters. The van der Waals surface area contributed by atoms with E-state index in [2.05, 4.69) is 5.32 Å².